The van der Waals surface area contributed by atoms with E-state index in [2.05, 4.69) is 10.3 Å². The number of carbonyl (C=O) groups excluding carboxylic acids is 1. The fourth-order valence-corrected chi connectivity index (χ4v) is 2.25. The van der Waals surface area contributed by atoms with Crippen molar-refractivity contribution in [3.05, 3.63) is 23.5 Å². The lowest BCUT2D eigenvalue weighted by Gasteiger charge is -2.01. The number of Topliss-reactive ketones (excluding diaryl/α,β-unsaturated/α-hetero) is 1. The standard InChI is InChI=1S/C11H15N3O2S/c1-16-4-2-12-7-10(15)6-9-8-14-3-5-17-11(14)13-9/h3,5,8,12H,2,4,6-7H2,1H3. The number of carbonyl (C=O) groups is 1. The lowest BCUT2D eigenvalue weighted by Crippen LogP contribution is -2.27. The molecule has 0 atom stereocenters. The van der Waals surface area contributed by atoms with Crippen LogP contribution in [0.25, 0.3) is 4.96 Å². The van der Waals surface area contributed by atoms with Gasteiger partial charge in [-0.05, 0) is 0 Å². The molecule has 0 aromatic carbocycles. The Bertz CT molecular complexity index is 463. The van der Waals surface area contributed by atoms with Gasteiger partial charge in [0.1, 0.15) is 0 Å². The molecule has 0 saturated heterocycles. The summed E-state index contributed by atoms with van der Waals surface area (Å²) in [6.07, 6.45) is 4.23. The van der Waals surface area contributed by atoms with Gasteiger partial charge in [-0.1, -0.05) is 0 Å². The molecule has 5 nitrogen and oxygen atoms in total. The summed E-state index contributed by atoms with van der Waals surface area (Å²) >= 11 is 1.57. The predicted octanol–water partition coefficient (Wildman–Crippen LogP) is 0.743. The van der Waals surface area contributed by atoms with E-state index in [9.17, 15) is 4.79 Å². The molecule has 0 spiro atoms. The molecular formula is C11H15N3O2S. The molecule has 2 heterocycles. The van der Waals surface area contributed by atoms with E-state index >= 15 is 0 Å². The first-order chi connectivity index (χ1) is 8.29. The van der Waals surface area contributed by atoms with Gasteiger partial charge >= 0.3 is 0 Å². The van der Waals surface area contributed by atoms with Gasteiger partial charge in [-0.15, -0.1) is 11.3 Å². The summed E-state index contributed by atoms with van der Waals surface area (Å²) in [5, 5.41) is 5.00. The average Bonchev–Trinajstić information content (AvgIpc) is 2.84. The Morgan fingerprint density at radius 2 is 2.53 bits per heavy atom. The van der Waals surface area contributed by atoms with Crippen molar-refractivity contribution in [1.82, 2.24) is 14.7 Å². The van der Waals surface area contributed by atoms with E-state index in [-0.39, 0.29) is 5.78 Å². The summed E-state index contributed by atoms with van der Waals surface area (Å²) in [7, 11) is 1.64. The monoisotopic (exact) mass is 253 g/mol. The number of imidazole rings is 1. The highest BCUT2D eigenvalue weighted by Gasteiger charge is 2.07. The van der Waals surface area contributed by atoms with Gasteiger partial charge in [0.05, 0.1) is 25.3 Å². The lowest BCUT2D eigenvalue weighted by atomic mass is 10.2. The summed E-state index contributed by atoms with van der Waals surface area (Å²) in [6.45, 7) is 1.68. The predicted molar refractivity (Wildman–Crippen MR) is 66.5 cm³/mol. The number of nitrogens with one attached hydrogen (secondary N) is 1. The van der Waals surface area contributed by atoms with E-state index in [1.54, 1.807) is 18.4 Å². The molecule has 0 bridgehead atoms. The number of nitrogens with zero attached hydrogens (tertiary/aromatic N) is 2. The van der Waals surface area contributed by atoms with Gasteiger partial charge in [0.15, 0.2) is 10.7 Å². The first kappa shape index (κ1) is 12.2. The molecule has 0 aliphatic heterocycles. The minimum absolute atomic E-state index is 0.145. The van der Waals surface area contributed by atoms with Gasteiger partial charge in [-0.3, -0.25) is 9.20 Å². The van der Waals surface area contributed by atoms with Crippen molar-refractivity contribution in [2.45, 2.75) is 6.42 Å². The number of hydrogen-bond acceptors (Lipinski definition) is 5. The number of rotatable bonds is 7. The van der Waals surface area contributed by atoms with E-state index in [1.165, 1.54) is 0 Å². The molecule has 0 fully saturated rings. The van der Waals surface area contributed by atoms with Gasteiger partial charge in [0.25, 0.3) is 0 Å². The molecule has 1 N–H and O–H groups in total. The largest absolute Gasteiger partial charge is 0.383 e. The minimum Gasteiger partial charge on any atom is -0.383 e. The molecule has 2 rings (SSSR count). The van der Waals surface area contributed by atoms with E-state index in [0.717, 1.165) is 10.7 Å². The second-order valence-electron chi connectivity index (χ2n) is 3.71. The minimum atomic E-state index is 0.145. The Labute approximate surface area is 103 Å². The van der Waals surface area contributed by atoms with E-state index < -0.39 is 0 Å². The van der Waals surface area contributed by atoms with Gasteiger partial charge in [0.2, 0.25) is 0 Å². The smallest absolute Gasteiger partial charge is 0.193 e. The van der Waals surface area contributed by atoms with Crippen LogP contribution in [-0.2, 0) is 16.0 Å². The normalized spacial score (nSPS) is 11.1. The number of ketones is 1. The zero-order chi connectivity index (χ0) is 12.1. The number of ether oxygens (including phenoxy) is 1. The van der Waals surface area contributed by atoms with Gasteiger partial charge < -0.3 is 10.1 Å². The molecule has 17 heavy (non-hydrogen) atoms. The zero-order valence-electron chi connectivity index (χ0n) is 9.68. The summed E-state index contributed by atoms with van der Waals surface area (Å²) in [4.78, 5) is 16.9. The van der Waals surface area contributed by atoms with Gasteiger partial charge in [-0.25, -0.2) is 4.98 Å². The van der Waals surface area contributed by atoms with Crippen LogP contribution >= 0.6 is 11.3 Å². The number of thiazole rings is 1. The van der Waals surface area contributed by atoms with Crippen LogP contribution in [0.2, 0.25) is 0 Å². The quantitative estimate of drug-likeness (QED) is 0.740. The van der Waals surface area contributed by atoms with Crippen molar-refractivity contribution in [1.29, 1.82) is 0 Å². The summed E-state index contributed by atoms with van der Waals surface area (Å²) in [5.41, 5.74) is 0.829. The molecule has 92 valence electrons. The zero-order valence-corrected chi connectivity index (χ0v) is 10.5. The van der Waals surface area contributed by atoms with Crippen molar-refractivity contribution < 1.29 is 9.53 Å². The first-order valence-electron chi connectivity index (χ1n) is 5.42. The fraction of sp³-hybridized carbons (Fsp3) is 0.455. The molecule has 0 amide bonds. The van der Waals surface area contributed by atoms with Crippen LogP contribution in [0.15, 0.2) is 17.8 Å². The Morgan fingerprint density at radius 3 is 3.29 bits per heavy atom. The molecule has 0 aliphatic rings. The van der Waals surface area contributed by atoms with Crippen LogP contribution in [0, 0.1) is 0 Å². The maximum Gasteiger partial charge on any atom is 0.193 e. The molecule has 6 heteroatoms. The van der Waals surface area contributed by atoms with E-state index in [0.29, 0.717) is 26.1 Å². The van der Waals surface area contributed by atoms with Crippen LogP contribution in [0.1, 0.15) is 5.69 Å². The third-order valence-corrected chi connectivity index (χ3v) is 3.10. The van der Waals surface area contributed by atoms with Crippen molar-refractivity contribution >= 4 is 22.1 Å². The maximum absolute atomic E-state index is 11.6. The topological polar surface area (TPSA) is 55.6 Å². The third kappa shape index (κ3) is 3.36. The van der Waals surface area contributed by atoms with Crippen LogP contribution in [0.5, 0.6) is 0 Å². The number of fused-ring (bicyclic) bond motifs is 1. The average molecular weight is 253 g/mol. The van der Waals surface area contributed by atoms with E-state index in [1.807, 2.05) is 22.2 Å². The first-order valence-corrected chi connectivity index (χ1v) is 6.30. The Kier molecular flexibility index (Phi) is 4.24. The Balaban J connectivity index is 1.80. The summed E-state index contributed by atoms with van der Waals surface area (Å²) in [6, 6.07) is 0. The van der Waals surface area contributed by atoms with Crippen molar-refractivity contribution in [3.63, 3.8) is 0 Å². The van der Waals surface area contributed by atoms with Crippen LogP contribution in [0.3, 0.4) is 0 Å². The molecule has 2 aromatic heterocycles. The van der Waals surface area contributed by atoms with Crippen LogP contribution in [0.4, 0.5) is 0 Å². The molecule has 0 aliphatic carbocycles. The Hall–Kier alpha value is -1.24. The lowest BCUT2D eigenvalue weighted by molar-refractivity contribution is -0.117. The highest BCUT2D eigenvalue weighted by atomic mass is 32.1. The molecular weight excluding hydrogens is 238 g/mol. The van der Waals surface area contributed by atoms with Gasteiger partial charge in [0, 0.05) is 31.4 Å². The number of methoxy groups -OCH3 is 1. The molecule has 2 aromatic rings. The van der Waals surface area contributed by atoms with E-state index in [4.69, 9.17) is 4.74 Å². The van der Waals surface area contributed by atoms with Crippen LogP contribution < -0.4 is 5.32 Å². The van der Waals surface area contributed by atoms with Crippen molar-refractivity contribution in [2.75, 3.05) is 26.8 Å². The fourth-order valence-electron chi connectivity index (χ4n) is 1.53. The van der Waals surface area contributed by atoms with Crippen molar-refractivity contribution in [2.24, 2.45) is 0 Å². The second kappa shape index (κ2) is 5.90. The molecule has 0 radical (unpaired) electrons. The van der Waals surface area contributed by atoms with Crippen LogP contribution in [-0.4, -0.2) is 42.0 Å². The summed E-state index contributed by atoms with van der Waals surface area (Å²) < 4.78 is 6.82. The van der Waals surface area contributed by atoms with Gasteiger partial charge in [-0.2, -0.15) is 0 Å². The third-order valence-electron chi connectivity index (χ3n) is 2.33. The maximum atomic E-state index is 11.6. The highest BCUT2D eigenvalue weighted by Crippen LogP contribution is 2.11. The SMILES string of the molecule is COCCNCC(=O)Cc1cn2ccsc2n1. The number of aromatic nitrogens is 2. The second-order valence-corrected chi connectivity index (χ2v) is 4.58. The highest BCUT2D eigenvalue weighted by molar-refractivity contribution is 7.15. The van der Waals surface area contributed by atoms with Crippen molar-refractivity contribution in [3.8, 4) is 0 Å². The Morgan fingerprint density at radius 1 is 1.65 bits per heavy atom. The molecule has 0 unspecified atom stereocenters. The molecule has 0 saturated carbocycles. The summed E-state index contributed by atoms with van der Waals surface area (Å²) in [5.74, 6) is 0.145. The number of hydrogen-bond donors (Lipinski definition) is 1.